The van der Waals surface area contributed by atoms with E-state index in [0.717, 1.165) is 54.1 Å². The lowest BCUT2D eigenvalue weighted by atomic mass is 9.94. The molecule has 0 amide bonds. The van der Waals surface area contributed by atoms with Crippen molar-refractivity contribution in [1.29, 1.82) is 0 Å². The number of aromatic nitrogens is 2. The fourth-order valence-electron chi connectivity index (χ4n) is 6.11. The minimum absolute atomic E-state index is 0.141. The van der Waals surface area contributed by atoms with Gasteiger partial charge in [-0.05, 0) is 97.5 Å². The first-order valence-corrected chi connectivity index (χ1v) is 17.0. The molecule has 0 spiro atoms. The van der Waals surface area contributed by atoms with Gasteiger partial charge in [0, 0.05) is 17.6 Å². The standard InChI is InChI=1S/C35H39N5O4S/c1-39-16-13-25(14-17-39)15-18-44-35(41)33-21-28-11-12-30(22-36)37-34(28)40(33)23-29-20-31(19-27-9-5-6-10-32(27)29)38-45(42,43)24-26-7-3-2-4-8-26/h2-12,19-21,25,38H,13-18,22-24,36H2,1H3. The van der Waals surface area contributed by atoms with Crippen LogP contribution >= 0.6 is 0 Å². The Morgan fingerprint density at radius 2 is 1.73 bits per heavy atom. The second-order valence-corrected chi connectivity index (χ2v) is 13.6. The Morgan fingerprint density at radius 3 is 2.51 bits per heavy atom. The Labute approximate surface area is 264 Å². The number of piperidine rings is 1. The molecule has 1 aliphatic heterocycles. The Hall–Kier alpha value is -4.25. The molecule has 1 fully saturated rings. The van der Waals surface area contributed by atoms with E-state index < -0.39 is 16.0 Å². The summed E-state index contributed by atoms with van der Waals surface area (Å²) in [7, 11) is -1.55. The number of nitrogens with one attached hydrogen (secondary N) is 1. The first-order chi connectivity index (χ1) is 21.8. The first kappa shape index (κ1) is 30.8. The number of ether oxygens (including phenoxy) is 1. The predicted molar refractivity (Wildman–Crippen MR) is 178 cm³/mol. The van der Waals surface area contributed by atoms with Crippen LogP contribution < -0.4 is 10.5 Å². The van der Waals surface area contributed by atoms with Crippen LogP contribution in [0.3, 0.4) is 0 Å². The van der Waals surface area contributed by atoms with Crippen LogP contribution in [0.1, 0.15) is 46.6 Å². The lowest BCUT2D eigenvalue weighted by molar-refractivity contribution is 0.0456. The molecule has 0 bridgehead atoms. The highest BCUT2D eigenvalue weighted by Crippen LogP contribution is 2.29. The normalized spacial score (nSPS) is 14.6. The van der Waals surface area contributed by atoms with E-state index in [1.807, 2.05) is 77.4 Å². The van der Waals surface area contributed by atoms with Crippen LogP contribution in [0.2, 0.25) is 0 Å². The van der Waals surface area contributed by atoms with E-state index in [2.05, 4.69) is 16.7 Å². The molecule has 0 atom stereocenters. The molecule has 3 heterocycles. The van der Waals surface area contributed by atoms with Gasteiger partial charge in [0.25, 0.3) is 0 Å². The van der Waals surface area contributed by atoms with Crippen molar-refractivity contribution in [3.8, 4) is 0 Å². The maximum Gasteiger partial charge on any atom is 0.355 e. The van der Waals surface area contributed by atoms with E-state index in [1.54, 1.807) is 12.1 Å². The number of carbonyl (C=O) groups is 1. The SMILES string of the molecule is CN1CCC(CCOC(=O)c2cc3ccc(CN)nc3n2Cc2cc(NS(=O)(=O)Cc3ccccc3)cc3ccccc23)CC1. The smallest absolute Gasteiger partial charge is 0.355 e. The zero-order valence-corrected chi connectivity index (χ0v) is 26.3. The quantitative estimate of drug-likeness (QED) is 0.185. The van der Waals surface area contributed by atoms with Crippen molar-refractivity contribution < 1.29 is 17.9 Å². The average Bonchev–Trinajstić information content (AvgIpc) is 3.39. The molecule has 45 heavy (non-hydrogen) atoms. The third-order valence-electron chi connectivity index (χ3n) is 8.57. The van der Waals surface area contributed by atoms with Gasteiger partial charge in [-0.3, -0.25) is 4.72 Å². The van der Waals surface area contributed by atoms with Crippen molar-refractivity contribution in [3.63, 3.8) is 0 Å². The second kappa shape index (κ2) is 13.4. The number of fused-ring (bicyclic) bond motifs is 2. The highest BCUT2D eigenvalue weighted by Gasteiger charge is 2.22. The van der Waals surface area contributed by atoms with Gasteiger partial charge in [0.1, 0.15) is 11.3 Å². The zero-order valence-electron chi connectivity index (χ0n) is 25.5. The number of sulfonamides is 1. The molecule has 3 aromatic carbocycles. The summed E-state index contributed by atoms with van der Waals surface area (Å²) >= 11 is 0. The van der Waals surface area contributed by atoms with E-state index in [0.29, 0.717) is 40.8 Å². The molecule has 9 nitrogen and oxygen atoms in total. The van der Waals surface area contributed by atoms with Gasteiger partial charge in [-0.15, -0.1) is 0 Å². The Balaban J connectivity index is 1.31. The van der Waals surface area contributed by atoms with Crippen LogP contribution in [-0.4, -0.2) is 55.6 Å². The summed E-state index contributed by atoms with van der Waals surface area (Å²) in [6, 6.07) is 26.1. The molecule has 1 aliphatic rings. The van der Waals surface area contributed by atoms with Gasteiger partial charge < -0.3 is 19.9 Å². The fraction of sp³-hybridized carbons (Fsp3) is 0.314. The molecule has 0 radical (unpaired) electrons. The molecule has 0 aliphatic carbocycles. The van der Waals surface area contributed by atoms with Crippen molar-refractivity contribution in [3.05, 3.63) is 107 Å². The summed E-state index contributed by atoms with van der Waals surface area (Å²) in [5.74, 6) is 0.00468. The summed E-state index contributed by atoms with van der Waals surface area (Å²) in [6.07, 6.45) is 3.06. The molecule has 5 aromatic rings. The van der Waals surface area contributed by atoms with Gasteiger partial charge in [0.05, 0.1) is 24.6 Å². The third-order valence-corrected chi connectivity index (χ3v) is 9.83. The number of anilines is 1. The number of carbonyl (C=O) groups excluding carboxylic acids is 1. The zero-order chi connectivity index (χ0) is 31.4. The lowest BCUT2D eigenvalue weighted by Crippen LogP contribution is -2.30. The molecule has 0 unspecified atom stereocenters. The highest BCUT2D eigenvalue weighted by atomic mass is 32.2. The molecular weight excluding hydrogens is 586 g/mol. The molecule has 1 saturated heterocycles. The maximum absolute atomic E-state index is 13.6. The molecule has 234 valence electrons. The molecule has 6 rings (SSSR count). The molecular formula is C35H39N5O4S. The molecule has 10 heteroatoms. The number of rotatable bonds is 11. The maximum atomic E-state index is 13.6. The summed E-state index contributed by atoms with van der Waals surface area (Å²) in [6.45, 7) is 3.03. The van der Waals surface area contributed by atoms with Crippen LogP contribution in [0.4, 0.5) is 5.69 Å². The van der Waals surface area contributed by atoms with Crippen LogP contribution in [0, 0.1) is 5.92 Å². The van der Waals surface area contributed by atoms with Crippen molar-refractivity contribution in [2.45, 2.75) is 38.1 Å². The minimum Gasteiger partial charge on any atom is -0.461 e. The Bertz CT molecular complexity index is 1920. The number of benzene rings is 3. The first-order valence-electron chi connectivity index (χ1n) is 15.4. The third kappa shape index (κ3) is 7.36. The number of nitrogens with zero attached hydrogens (tertiary/aromatic N) is 3. The van der Waals surface area contributed by atoms with Crippen LogP contribution in [0.15, 0.2) is 84.9 Å². The average molecular weight is 626 g/mol. The summed E-state index contributed by atoms with van der Waals surface area (Å²) in [5.41, 5.74) is 9.65. The van der Waals surface area contributed by atoms with Gasteiger partial charge in [-0.25, -0.2) is 18.2 Å². The predicted octanol–water partition coefficient (Wildman–Crippen LogP) is 5.53. The lowest BCUT2D eigenvalue weighted by Gasteiger charge is -2.28. The van der Waals surface area contributed by atoms with Gasteiger partial charge in [-0.2, -0.15) is 0 Å². The Kier molecular flexibility index (Phi) is 9.16. The Morgan fingerprint density at radius 1 is 0.978 bits per heavy atom. The summed E-state index contributed by atoms with van der Waals surface area (Å²) in [5, 5.41) is 2.63. The van der Waals surface area contributed by atoms with Gasteiger partial charge in [0.2, 0.25) is 10.0 Å². The van der Waals surface area contributed by atoms with E-state index >= 15 is 0 Å². The second-order valence-electron chi connectivity index (χ2n) is 11.9. The number of nitrogens with two attached hydrogens (primary N) is 1. The van der Waals surface area contributed by atoms with Crippen LogP contribution in [0.5, 0.6) is 0 Å². The fourth-order valence-corrected chi connectivity index (χ4v) is 7.29. The van der Waals surface area contributed by atoms with E-state index in [9.17, 15) is 13.2 Å². The number of esters is 1. The van der Waals surface area contributed by atoms with Crippen LogP contribution in [-0.2, 0) is 33.6 Å². The summed E-state index contributed by atoms with van der Waals surface area (Å²) < 4.78 is 36.8. The molecule has 0 saturated carbocycles. The van der Waals surface area contributed by atoms with E-state index in [4.69, 9.17) is 15.5 Å². The molecule has 3 N–H and O–H groups in total. The van der Waals surface area contributed by atoms with E-state index in [-0.39, 0.29) is 18.8 Å². The van der Waals surface area contributed by atoms with Crippen molar-refractivity contribution in [2.75, 3.05) is 31.5 Å². The highest BCUT2D eigenvalue weighted by molar-refractivity contribution is 7.91. The van der Waals surface area contributed by atoms with Crippen LogP contribution in [0.25, 0.3) is 21.8 Å². The monoisotopic (exact) mass is 625 g/mol. The van der Waals surface area contributed by atoms with Gasteiger partial charge >= 0.3 is 5.97 Å². The van der Waals surface area contributed by atoms with Crippen molar-refractivity contribution >= 4 is 43.5 Å². The van der Waals surface area contributed by atoms with Gasteiger partial charge in [0.15, 0.2) is 0 Å². The number of likely N-dealkylation sites (tertiary alicyclic amines) is 1. The van der Waals surface area contributed by atoms with Crippen molar-refractivity contribution in [1.82, 2.24) is 14.5 Å². The number of hydrogen-bond donors (Lipinski definition) is 2. The number of hydrogen-bond acceptors (Lipinski definition) is 7. The van der Waals surface area contributed by atoms with Crippen molar-refractivity contribution in [2.24, 2.45) is 11.7 Å². The minimum atomic E-state index is -3.68. The summed E-state index contributed by atoms with van der Waals surface area (Å²) in [4.78, 5) is 20.7. The topological polar surface area (TPSA) is 120 Å². The largest absolute Gasteiger partial charge is 0.461 e. The number of pyridine rings is 1. The van der Waals surface area contributed by atoms with Gasteiger partial charge in [-0.1, -0.05) is 54.6 Å². The molecule has 2 aromatic heterocycles. The van der Waals surface area contributed by atoms with E-state index in [1.165, 1.54) is 0 Å².